The number of hydrogen-bond donors (Lipinski definition) is 2. The van der Waals surface area contributed by atoms with E-state index in [4.69, 9.17) is 4.42 Å². The Bertz CT molecular complexity index is 567. The fourth-order valence-electron chi connectivity index (χ4n) is 2.91. The first-order valence-corrected chi connectivity index (χ1v) is 9.50. The van der Waals surface area contributed by atoms with Crippen LogP contribution in [-0.4, -0.2) is 70.7 Å². The Balaban J connectivity index is 1.74. The first kappa shape index (κ1) is 20.6. The Kier molecular flexibility index (Phi) is 8.28. The molecule has 2 rings (SSSR count). The van der Waals surface area contributed by atoms with Crippen molar-refractivity contribution in [2.45, 2.75) is 51.8 Å². The van der Waals surface area contributed by atoms with E-state index in [1.165, 1.54) is 6.26 Å². The van der Waals surface area contributed by atoms with Crippen LogP contribution >= 0.6 is 0 Å². The minimum absolute atomic E-state index is 0.123. The molecule has 7 heteroatoms. The number of aliphatic hydroxyl groups excluding tert-OH is 1. The van der Waals surface area contributed by atoms with E-state index in [0.29, 0.717) is 24.7 Å². The molecular formula is C19H32N4O3. The van der Waals surface area contributed by atoms with Crippen LogP contribution in [0.25, 0.3) is 0 Å². The summed E-state index contributed by atoms with van der Waals surface area (Å²) in [5, 5.41) is 12.9. The summed E-state index contributed by atoms with van der Waals surface area (Å²) < 4.78 is 5.46. The number of nitrogens with one attached hydrogen (secondary N) is 1. The molecule has 1 aromatic rings. The van der Waals surface area contributed by atoms with E-state index in [1.807, 2.05) is 19.9 Å². The Labute approximate surface area is 156 Å². The molecule has 0 unspecified atom stereocenters. The predicted octanol–water partition coefficient (Wildman–Crippen LogP) is 1.65. The lowest BCUT2D eigenvalue weighted by Crippen LogP contribution is -2.48. The van der Waals surface area contributed by atoms with Crippen molar-refractivity contribution in [3.8, 4) is 0 Å². The number of carbonyl (C=O) groups is 1. The second-order valence-electron chi connectivity index (χ2n) is 7.01. The number of aliphatic hydroxyl groups is 1. The lowest BCUT2D eigenvalue weighted by atomic mass is 10.1. The number of piperazine rings is 1. The summed E-state index contributed by atoms with van der Waals surface area (Å²) in [7, 11) is 0. The molecule has 0 bridgehead atoms. The van der Waals surface area contributed by atoms with Crippen molar-refractivity contribution in [3.05, 3.63) is 30.5 Å². The zero-order valence-corrected chi connectivity index (χ0v) is 16.0. The number of rotatable bonds is 10. The van der Waals surface area contributed by atoms with Gasteiger partial charge in [-0.15, -0.1) is 6.58 Å². The van der Waals surface area contributed by atoms with E-state index in [1.54, 1.807) is 0 Å². The highest BCUT2D eigenvalue weighted by Crippen LogP contribution is 2.11. The number of amides is 1. The Morgan fingerprint density at radius 3 is 2.77 bits per heavy atom. The molecule has 0 saturated carbocycles. The van der Waals surface area contributed by atoms with Crippen LogP contribution in [0.2, 0.25) is 0 Å². The number of nitrogens with zero attached hydrogens (tertiary/aromatic N) is 3. The largest absolute Gasteiger partial charge is 0.447 e. The Morgan fingerprint density at radius 1 is 1.42 bits per heavy atom. The van der Waals surface area contributed by atoms with Crippen LogP contribution in [0.4, 0.5) is 0 Å². The normalized spacial score (nSPS) is 18.4. The van der Waals surface area contributed by atoms with E-state index in [2.05, 4.69) is 26.7 Å². The molecule has 0 aromatic carbocycles. The molecule has 2 heterocycles. The van der Waals surface area contributed by atoms with Gasteiger partial charge in [0.05, 0.1) is 12.6 Å². The van der Waals surface area contributed by atoms with Crippen molar-refractivity contribution < 1.29 is 14.3 Å². The Hall–Kier alpha value is -1.70. The van der Waals surface area contributed by atoms with E-state index >= 15 is 0 Å². The molecular weight excluding hydrogens is 332 g/mol. The third kappa shape index (κ3) is 6.55. The number of hydrogen-bond acceptors (Lipinski definition) is 6. The van der Waals surface area contributed by atoms with E-state index in [0.717, 1.165) is 45.4 Å². The van der Waals surface area contributed by atoms with Crippen LogP contribution in [0.3, 0.4) is 0 Å². The molecule has 1 aromatic heterocycles. The summed E-state index contributed by atoms with van der Waals surface area (Å²) in [4.78, 5) is 20.9. The number of carbonyl (C=O) groups excluding carboxylic acids is 1. The SMILES string of the molecule is C=CCC[C@@H](O)CN1CCN(Cc2nc(C(=O)N[C@H](C)CC)co2)CC1. The molecule has 2 N–H and O–H groups in total. The van der Waals surface area contributed by atoms with Crippen molar-refractivity contribution in [2.75, 3.05) is 32.7 Å². The molecule has 146 valence electrons. The molecule has 1 aliphatic heterocycles. The van der Waals surface area contributed by atoms with Crippen LogP contribution < -0.4 is 5.32 Å². The number of aromatic nitrogens is 1. The highest BCUT2D eigenvalue weighted by Gasteiger charge is 2.21. The van der Waals surface area contributed by atoms with Crippen LogP contribution in [0, 0.1) is 0 Å². The van der Waals surface area contributed by atoms with E-state index in [9.17, 15) is 9.90 Å². The van der Waals surface area contributed by atoms with Crippen molar-refractivity contribution in [2.24, 2.45) is 0 Å². The fraction of sp³-hybridized carbons (Fsp3) is 0.684. The van der Waals surface area contributed by atoms with Gasteiger partial charge in [0.15, 0.2) is 5.69 Å². The Morgan fingerprint density at radius 2 is 2.12 bits per heavy atom. The number of allylic oxidation sites excluding steroid dienone is 1. The molecule has 0 spiro atoms. The minimum atomic E-state index is -0.294. The number of oxazole rings is 1. The monoisotopic (exact) mass is 364 g/mol. The van der Waals surface area contributed by atoms with Gasteiger partial charge in [0.1, 0.15) is 6.26 Å². The summed E-state index contributed by atoms with van der Waals surface area (Å²) in [6, 6.07) is 0.123. The van der Waals surface area contributed by atoms with E-state index in [-0.39, 0.29) is 18.1 Å². The van der Waals surface area contributed by atoms with Gasteiger partial charge >= 0.3 is 0 Å². The van der Waals surface area contributed by atoms with Gasteiger partial charge < -0.3 is 14.8 Å². The highest BCUT2D eigenvalue weighted by atomic mass is 16.3. The lowest BCUT2D eigenvalue weighted by Gasteiger charge is -2.34. The molecule has 0 aliphatic carbocycles. The average molecular weight is 364 g/mol. The summed E-state index contributed by atoms with van der Waals surface area (Å²) >= 11 is 0. The van der Waals surface area contributed by atoms with Crippen molar-refractivity contribution >= 4 is 5.91 Å². The molecule has 1 amide bonds. The van der Waals surface area contributed by atoms with Gasteiger partial charge in [-0.3, -0.25) is 14.6 Å². The molecule has 0 radical (unpaired) electrons. The first-order chi connectivity index (χ1) is 12.5. The maximum atomic E-state index is 12.1. The second kappa shape index (κ2) is 10.4. The van der Waals surface area contributed by atoms with E-state index < -0.39 is 0 Å². The minimum Gasteiger partial charge on any atom is -0.447 e. The summed E-state index contributed by atoms with van der Waals surface area (Å²) in [5.74, 6) is 0.381. The molecule has 1 aliphatic rings. The molecule has 26 heavy (non-hydrogen) atoms. The number of β-amino-alcohol motifs (C(OH)–C–C–N with tert-alkyl or cyclic N) is 1. The molecule has 1 fully saturated rings. The summed E-state index contributed by atoms with van der Waals surface area (Å²) in [6.45, 7) is 12.6. The quantitative estimate of drug-likeness (QED) is 0.615. The fourth-order valence-corrected chi connectivity index (χ4v) is 2.91. The molecule has 1 saturated heterocycles. The molecule has 2 atom stereocenters. The van der Waals surface area contributed by atoms with Crippen LogP contribution in [-0.2, 0) is 6.54 Å². The van der Waals surface area contributed by atoms with Gasteiger partial charge in [-0.25, -0.2) is 4.98 Å². The smallest absolute Gasteiger partial charge is 0.273 e. The molecule has 7 nitrogen and oxygen atoms in total. The zero-order valence-electron chi connectivity index (χ0n) is 16.0. The van der Waals surface area contributed by atoms with Crippen LogP contribution in [0.1, 0.15) is 49.5 Å². The average Bonchev–Trinajstić information content (AvgIpc) is 3.10. The summed E-state index contributed by atoms with van der Waals surface area (Å²) in [5.41, 5.74) is 0.337. The second-order valence-corrected chi connectivity index (χ2v) is 7.01. The van der Waals surface area contributed by atoms with Crippen LogP contribution in [0.15, 0.2) is 23.3 Å². The van der Waals surface area contributed by atoms with Gasteiger partial charge in [-0.05, 0) is 26.2 Å². The van der Waals surface area contributed by atoms with Gasteiger partial charge in [-0.2, -0.15) is 0 Å². The predicted molar refractivity (Wildman–Crippen MR) is 101 cm³/mol. The third-order valence-corrected chi connectivity index (χ3v) is 4.77. The highest BCUT2D eigenvalue weighted by molar-refractivity contribution is 5.92. The van der Waals surface area contributed by atoms with Gasteiger partial charge in [-0.1, -0.05) is 13.0 Å². The summed E-state index contributed by atoms with van der Waals surface area (Å²) in [6.07, 6.45) is 5.47. The maximum Gasteiger partial charge on any atom is 0.273 e. The van der Waals surface area contributed by atoms with Crippen molar-refractivity contribution in [3.63, 3.8) is 0 Å². The lowest BCUT2D eigenvalue weighted by molar-refractivity contribution is 0.0642. The topological polar surface area (TPSA) is 81.8 Å². The standard InChI is InChI=1S/C19H32N4O3/c1-4-6-7-16(24)12-22-8-10-23(11-9-22)13-18-21-17(14-26-18)19(25)20-15(3)5-2/h4,14-16,24H,1,5-13H2,2-3H3,(H,20,25)/t15-,16-/m1/s1. The van der Waals surface area contributed by atoms with Crippen molar-refractivity contribution in [1.29, 1.82) is 0 Å². The van der Waals surface area contributed by atoms with Gasteiger partial charge in [0, 0.05) is 38.8 Å². The first-order valence-electron chi connectivity index (χ1n) is 9.50. The maximum absolute atomic E-state index is 12.1. The zero-order chi connectivity index (χ0) is 18.9. The van der Waals surface area contributed by atoms with Crippen LogP contribution in [0.5, 0.6) is 0 Å². The van der Waals surface area contributed by atoms with Gasteiger partial charge in [0.2, 0.25) is 5.89 Å². The third-order valence-electron chi connectivity index (χ3n) is 4.77. The van der Waals surface area contributed by atoms with Gasteiger partial charge in [0.25, 0.3) is 5.91 Å². The van der Waals surface area contributed by atoms with Crippen molar-refractivity contribution in [1.82, 2.24) is 20.1 Å².